The maximum absolute atomic E-state index is 12.2. The first-order chi connectivity index (χ1) is 14.3. The molecular weight excluding hydrogens is 404 g/mol. The van der Waals surface area contributed by atoms with Crippen molar-refractivity contribution in [3.05, 3.63) is 50.1 Å². The number of nitro groups is 1. The number of oxazole rings is 1. The van der Waals surface area contributed by atoms with Crippen molar-refractivity contribution in [2.75, 3.05) is 19.8 Å². The van der Waals surface area contributed by atoms with Gasteiger partial charge in [0.25, 0.3) is 5.69 Å². The van der Waals surface area contributed by atoms with Crippen LogP contribution in [0, 0.1) is 10.1 Å². The fraction of sp³-hybridized carbons (Fsp3) is 0.294. The Bertz CT molecular complexity index is 1130. The molecule has 0 saturated heterocycles. The van der Waals surface area contributed by atoms with E-state index in [4.69, 9.17) is 13.9 Å². The van der Waals surface area contributed by atoms with Crippen molar-refractivity contribution in [2.24, 2.45) is 0 Å². The third-order valence-electron chi connectivity index (χ3n) is 4.10. The number of non-ortho nitro benzene ring substituents is 1. The van der Waals surface area contributed by atoms with Crippen LogP contribution in [0.5, 0.6) is 0 Å². The van der Waals surface area contributed by atoms with Crippen LogP contribution in [-0.4, -0.2) is 47.2 Å². The Morgan fingerprint density at radius 3 is 2.77 bits per heavy atom. The van der Waals surface area contributed by atoms with Crippen LogP contribution in [0.3, 0.4) is 0 Å². The van der Waals surface area contributed by atoms with E-state index in [1.54, 1.807) is 6.92 Å². The van der Waals surface area contributed by atoms with Gasteiger partial charge < -0.3 is 24.5 Å². The number of nitrogens with one attached hydrogen (secondary N) is 2. The molecule has 2 aromatic rings. The van der Waals surface area contributed by atoms with Crippen molar-refractivity contribution >= 4 is 34.8 Å². The molecule has 2 N–H and O–H groups in total. The van der Waals surface area contributed by atoms with Gasteiger partial charge in [0.2, 0.25) is 0 Å². The Hall–Kier alpha value is -4.16. The number of aromatic nitrogens is 1. The van der Waals surface area contributed by atoms with E-state index in [2.05, 4.69) is 10.6 Å². The summed E-state index contributed by atoms with van der Waals surface area (Å²) in [5.74, 6) is -2.43. The summed E-state index contributed by atoms with van der Waals surface area (Å²) in [5, 5.41) is 15.6. The summed E-state index contributed by atoms with van der Waals surface area (Å²) >= 11 is 0. The second-order valence-corrected chi connectivity index (χ2v) is 6.01. The molecule has 0 spiro atoms. The molecule has 1 aromatic heterocycles. The standard InChI is InChI=1S/C17H16N4O9/c1-2-28-15(23)10-6-18-16(24)19-11(10)8-29-14(22)7-20-12-4-3-9(21(26)27)5-13(12)30-17(20)25/h3-5H,2,6-8H2,1H3,(H2,18,19,24). The Kier molecular flexibility index (Phi) is 5.80. The number of nitro benzene ring substituents is 1. The van der Waals surface area contributed by atoms with E-state index in [0.717, 1.165) is 10.6 Å². The quantitative estimate of drug-likeness (QED) is 0.360. The number of amides is 2. The van der Waals surface area contributed by atoms with Gasteiger partial charge in [-0.25, -0.2) is 14.4 Å². The molecule has 0 bridgehead atoms. The minimum Gasteiger partial charge on any atom is -0.463 e. The second kappa shape index (κ2) is 8.46. The highest BCUT2D eigenvalue weighted by atomic mass is 16.6. The highest BCUT2D eigenvalue weighted by Gasteiger charge is 2.25. The molecule has 0 atom stereocenters. The summed E-state index contributed by atoms with van der Waals surface area (Å²) < 4.78 is 15.8. The molecule has 1 aliphatic heterocycles. The molecule has 0 saturated carbocycles. The lowest BCUT2D eigenvalue weighted by atomic mass is 10.2. The molecule has 0 aliphatic carbocycles. The summed E-state index contributed by atoms with van der Waals surface area (Å²) in [7, 11) is 0. The first-order valence-electron chi connectivity index (χ1n) is 8.67. The van der Waals surface area contributed by atoms with Gasteiger partial charge in [0.1, 0.15) is 13.2 Å². The third kappa shape index (κ3) is 4.29. The Labute approximate surface area is 167 Å². The molecule has 13 nitrogen and oxygen atoms in total. The smallest absolute Gasteiger partial charge is 0.420 e. The zero-order valence-corrected chi connectivity index (χ0v) is 15.6. The zero-order chi connectivity index (χ0) is 21.8. The molecule has 0 unspecified atom stereocenters. The van der Waals surface area contributed by atoms with Crippen molar-refractivity contribution in [1.82, 2.24) is 15.2 Å². The van der Waals surface area contributed by atoms with Crippen LogP contribution in [-0.2, 0) is 25.6 Å². The molecule has 30 heavy (non-hydrogen) atoms. The Morgan fingerprint density at radius 1 is 1.30 bits per heavy atom. The topological polar surface area (TPSA) is 172 Å². The van der Waals surface area contributed by atoms with Gasteiger partial charge in [-0.3, -0.25) is 19.5 Å². The van der Waals surface area contributed by atoms with Gasteiger partial charge in [-0.1, -0.05) is 0 Å². The van der Waals surface area contributed by atoms with Gasteiger partial charge in [0.05, 0.1) is 40.9 Å². The van der Waals surface area contributed by atoms with Gasteiger partial charge >= 0.3 is 23.7 Å². The molecule has 158 valence electrons. The highest BCUT2D eigenvalue weighted by molar-refractivity contribution is 5.93. The van der Waals surface area contributed by atoms with Gasteiger partial charge in [0.15, 0.2) is 5.58 Å². The number of hydrogen-bond acceptors (Lipinski definition) is 9. The van der Waals surface area contributed by atoms with Crippen LogP contribution in [0.1, 0.15) is 6.92 Å². The van der Waals surface area contributed by atoms with Crippen LogP contribution in [0.25, 0.3) is 11.1 Å². The zero-order valence-electron chi connectivity index (χ0n) is 15.6. The molecule has 2 heterocycles. The number of carbonyl (C=O) groups excluding carboxylic acids is 3. The molecule has 0 fully saturated rings. The average molecular weight is 420 g/mol. The largest absolute Gasteiger partial charge is 0.463 e. The average Bonchev–Trinajstić information content (AvgIpc) is 3.01. The van der Waals surface area contributed by atoms with E-state index in [1.165, 1.54) is 12.1 Å². The lowest BCUT2D eigenvalue weighted by Crippen LogP contribution is -2.45. The predicted molar refractivity (Wildman–Crippen MR) is 98.3 cm³/mol. The van der Waals surface area contributed by atoms with E-state index in [0.29, 0.717) is 0 Å². The van der Waals surface area contributed by atoms with E-state index < -0.39 is 41.8 Å². The van der Waals surface area contributed by atoms with Gasteiger partial charge in [-0.2, -0.15) is 0 Å². The molecule has 13 heteroatoms. The van der Waals surface area contributed by atoms with Crippen LogP contribution >= 0.6 is 0 Å². The summed E-state index contributed by atoms with van der Waals surface area (Å²) in [6, 6.07) is 2.94. The lowest BCUT2D eigenvalue weighted by molar-refractivity contribution is -0.384. The minimum atomic E-state index is -0.899. The summed E-state index contributed by atoms with van der Waals surface area (Å²) in [6.07, 6.45) is 0. The van der Waals surface area contributed by atoms with Crippen molar-refractivity contribution in [1.29, 1.82) is 0 Å². The minimum absolute atomic E-state index is 0.0556. The predicted octanol–water partition coefficient (Wildman–Crippen LogP) is 0.176. The highest BCUT2D eigenvalue weighted by Crippen LogP contribution is 2.20. The fourth-order valence-corrected chi connectivity index (χ4v) is 2.71. The van der Waals surface area contributed by atoms with E-state index in [1.807, 2.05) is 0 Å². The number of benzene rings is 1. The first-order valence-corrected chi connectivity index (χ1v) is 8.67. The van der Waals surface area contributed by atoms with Crippen LogP contribution in [0.15, 0.2) is 38.7 Å². The monoisotopic (exact) mass is 420 g/mol. The maximum atomic E-state index is 12.2. The summed E-state index contributed by atoms with van der Waals surface area (Å²) in [4.78, 5) is 57.9. The molecule has 2 amide bonds. The lowest BCUT2D eigenvalue weighted by Gasteiger charge is -2.21. The van der Waals surface area contributed by atoms with Crippen LogP contribution < -0.4 is 16.4 Å². The van der Waals surface area contributed by atoms with E-state index in [-0.39, 0.29) is 41.2 Å². The molecule has 3 rings (SSSR count). The van der Waals surface area contributed by atoms with E-state index in [9.17, 15) is 29.3 Å². The number of ether oxygens (including phenoxy) is 2. The molecule has 0 radical (unpaired) electrons. The number of rotatable bonds is 7. The van der Waals surface area contributed by atoms with Gasteiger partial charge in [0, 0.05) is 6.07 Å². The molecule has 1 aliphatic rings. The van der Waals surface area contributed by atoms with Crippen molar-refractivity contribution in [3.63, 3.8) is 0 Å². The Balaban J connectivity index is 1.74. The molecule has 1 aromatic carbocycles. The maximum Gasteiger partial charge on any atom is 0.420 e. The van der Waals surface area contributed by atoms with Gasteiger partial charge in [-0.15, -0.1) is 0 Å². The normalized spacial score (nSPS) is 13.6. The van der Waals surface area contributed by atoms with Gasteiger partial charge in [-0.05, 0) is 13.0 Å². The number of nitrogens with zero attached hydrogens (tertiary/aromatic N) is 2. The number of hydrogen-bond donors (Lipinski definition) is 2. The number of esters is 2. The van der Waals surface area contributed by atoms with E-state index >= 15 is 0 Å². The first kappa shape index (κ1) is 20.6. The number of fused-ring (bicyclic) bond motifs is 1. The van der Waals surface area contributed by atoms with Crippen LogP contribution in [0.4, 0.5) is 10.5 Å². The summed E-state index contributed by atoms with van der Waals surface area (Å²) in [6.45, 7) is 0.670. The second-order valence-electron chi connectivity index (χ2n) is 6.01. The van der Waals surface area contributed by atoms with Crippen LogP contribution in [0.2, 0.25) is 0 Å². The number of carbonyl (C=O) groups is 3. The summed E-state index contributed by atoms with van der Waals surface area (Å²) in [5.41, 5.74) is 0.00295. The third-order valence-corrected chi connectivity index (χ3v) is 4.10. The number of urea groups is 1. The SMILES string of the molecule is CCOC(=O)C1=C(COC(=O)Cn2c(=O)oc3cc([N+](=O)[O-])ccc32)NC(=O)NC1. The van der Waals surface area contributed by atoms with Crippen molar-refractivity contribution in [3.8, 4) is 0 Å². The molecular formula is C17H16N4O9. The fourth-order valence-electron chi connectivity index (χ4n) is 2.71. The Morgan fingerprint density at radius 2 is 2.07 bits per heavy atom. The van der Waals surface area contributed by atoms with Crippen molar-refractivity contribution < 1.29 is 33.2 Å². The van der Waals surface area contributed by atoms with Crippen molar-refractivity contribution in [2.45, 2.75) is 13.5 Å².